The molecule has 0 aromatic rings. The third kappa shape index (κ3) is 3.82. The van der Waals surface area contributed by atoms with Gasteiger partial charge in [-0.2, -0.15) is 0 Å². The maximum Gasteiger partial charge on any atom is 0.0706 e. The van der Waals surface area contributed by atoms with Gasteiger partial charge in [0, 0.05) is 0 Å². The van der Waals surface area contributed by atoms with Crippen molar-refractivity contribution in [3.05, 3.63) is 0 Å². The van der Waals surface area contributed by atoms with Gasteiger partial charge in [0.1, 0.15) is 0 Å². The van der Waals surface area contributed by atoms with Crippen LogP contribution in [0.2, 0.25) is 5.82 Å². The maximum absolute atomic E-state index is 6.37. The van der Waals surface area contributed by atoms with Crippen molar-refractivity contribution in [3.63, 3.8) is 0 Å². The van der Waals surface area contributed by atoms with Gasteiger partial charge >= 0.3 is 0 Å². The van der Waals surface area contributed by atoms with Crippen molar-refractivity contribution < 1.29 is 0 Å². The Balaban J connectivity index is 4.87. The summed E-state index contributed by atoms with van der Waals surface area (Å²) in [5.41, 5.74) is 0.442. The van der Waals surface area contributed by atoms with Crippen LogP contribution >= 0.6 is 0 Å². The first-order valence-corrected chi connectivity index (χ1v) is 7.06. The van der Waals surface area contributed by atoms with E-state index in [1.54, 1.807) is 0 Å². The van der Waals surface area contributed by atoms with Gasteiger partial charge in [-0.25, -0.2) is 0 Å². The van der Waals surface area contributed by atoms with Crippen LogP contribution in [-0.4, -0.2) is 7.85 Å². The molecule has 0 spiro atoms. The summed E-state index contributed by atoms with van der Waals surface area (Å²) < 4.78 is 0. The Hall–Kier alpha value is 0.0649. The van der Waals surface area contributed by atoms with Crippen molar-refractivity contribution in [3.8, 4) is 0 Å². The Bertz CT molecular complexity index is 180. The molecule has 2 unspecified atom stereocenters. The van der Waals surface area contributed by atoms with Crippen LogP contribution in [0, 0.1) is 23.2 Å². The lowest BCUT2D eigenvalue weighted by Crippen LogP contribution is -2.33. The van der Waals surface area contributed by atoms with Crippen LogP contribution in [0.15, 0.2) is 0 Å². The van der Waals surface area contributed by atoms with E-state index in [4.69, 9.17) is 7.85 Å². The standard InChI is InChI=1S/C15H31B/c1-8-15(9-2,10-11(3)4)13(7)14(16)12(5)6/h11-14H,8-10H2,1-7H3. The topological polar surface area (TPSA) is 0 Å². The van der Waals surface area contributed by atoms with Crippen LogP contribution in [0.1, 0.15) is 67.7 Å². The summed E-state index contributed by atoms with van der Waals surface area (Å²) in [5, 5.41) is 0. The summed E-state index contributed by atoms with van der Waals surface area (Å²) in [7, 11) is 6.37. The Morgan fingerprint density at radius 3 is 1.62 bits per heavy atom. The molecule has 0 saturated heterocycles. The highest BCUT2D eigenvalue weighted by Crippen LogP contribution is 2.47. The van der Waals surface area contributed by atoms with Crippen molar-refractivity contribution in [2.75, 3.05) is 0 Å². The highest BCUT2D eigenvalue weighted by Gasteiger charge is 2.36. The predicted molar refractivity (Wildman–Crippen MR) is 76.0 cm³/mol. The minimum Gasteiger partial charge on any atom is -0.0721 e. The largest absolute Gasteiger partial charge is 0.0721 e. The highest BCUT2D eigenvalue weighted by atomic mass is 14.4. The molecule has 0 aliphatic heterocycles. The zero-order valence-corrected chi connectivity index (χ0v) is 12.5. The van der Waals surface area contributed by atoms with Crippen molar-refractivity contribution in [1.29, 1.82) is 0 Å². The van der Waals surface area contributed by atoms with E-state index in [2.05, 4.69) is 48.5 Å². The minimum atomic E-state index is 0.332. The molecule has 0 amide bonds. The van der Waals surface area contributed by atoms with Gasteiger partial charge in [0.25, 0.3) is 0 Å². The summed E-state index contributed by atoms with van der Waals surface area (Å²) in [6.07, 6.45) is 3.81. The van der Waals surface area contributed by atoms with Crippen LogP contribution in [0.3, 0.4) is 0 Å². The Morgan fingerprint density at radius 1 is 0.938 bits per heavy atom. The van der Waals surface area contributed by atoms with Crippen molar-refractivity contribution in [2.24, 2.45) is 23.2 Å². The molecule has 0 aliphatic rings. The molecule has 1 heteroatoms. The van der Waals surface area contributed by atoms with Gasteiger partial charge < -0.3 is 0 Å². The zero-order valence-electron chi connectivity index (χ0n) is 12.5. The van der Waals surface area contributed by atoms with Gasteiger partial charge in [0.15, 0.2) is 0 Å². The first kappa shape index (κ1) is 16.1. The summed E-state index contributed by atoms with van der Waals surface area (Å²) in [6, 6.07) is 0. The fraction of sp³-hybridized carbons (Fsp3) is 1.00. The molecular weight excluding hydrogens is 191 g/mol. The van der Waals surface area contributed by atoms with Crippen LogP contribution in [0.4, 0.5) is 0 Å². The monoisotopic (exact) mass is 222 g/mol. The molecule has 0 N–H and O–H groups in total. The molecule has 0 fully saturated rings. The minimum absolute atomic E-state index is 0.332. The SMILES string of the molecule is [B]C(C(C)C)C(C)C(CC)(CC)CC(C)C. The predicted octanol–water partition coefficient (Wildman–Crippen LogP) is 5.09. The molecule has 2 atom stereocenters. The second-order valence-corrected chi connectivity index (χ2v) is 6.28. The van der Waals surface area contributed by atoms with E-state index in [1.165, 1.54) is 19.3 Å². The second-order valence-electron chi connectivity index (χ2n) is 6.28. The van der Waals surface area contributed by atoms with Crippen molar-refractivity contribution in [2.45, 2.75) is 73.5 Å². The van der Waals surface area contributed by atoms with E-state index >= 15 is 0 Å². The van der Waals surface area contributed by atoms with Gasteiger partial charge in [-0.3, -0.25) is 0 Å². The summed E-state index contributed by atoms with van der Waals surface area (Å²) >= 11 is 0. The third-order valence-corrected chi connectivity index (χ3v) is 4.54. The number of rotatable bonds is 7. The van der Waals surface area contributed by atoms with Gasteiger partial charge in [-0.1, -0.05) is 73.0 Å². The highest BCUT2D eigenvalue weighted by molar-refractivity contribution is 6.12. The molecular formula is C15H31B. The molecule has 94 valence electrons. The fourth-order valence-electron chi connectivity index (χ4n) is 3.17. The van der Waals surface area contributed by atoms with Crippen molar-refractivity contribution >= 4 is 7.85 Å². The third-order valence-electron chi connectivity index (χ3n) is 4.54. The molecule has 0 aromatic heterocycles. The number of hydrogen-bond acceptors (Lipinski definition) is 0. The second kappa shape index (κ2) is 6.72. The smallest absolute Gasteiger partial charge is 0.0706 e. The molecule has 2 radical (unpaired) electrons. The zero-order chi connectivity index (χ0) is 12.9. The normalized spacial score (nSPS) is 16.8. The molecule has 0 saturated carbocycles. The quantitative estimate of drug-likeness (QED) is 0.526. The molecule has 16 heavy (non-hydrogen) atoms. The van der Waals surface area contributed by atoms with Gasteiger partial charge in [0.05, 0.1) is 7.85 Å². The molecule has 0 bridgehead atoms. The summed E-state index contributed by atoms with van der Waals surface area (Å²) in [4.78, 5) is 0. The van der Waals surface area contributed by atoms with Crippen LogP contribution < -0.4 is 0 Å². The van der Waals surface area contributed by atoms with Crippen LogP contribution in [0.5, 0.6) is 0 Å². The molecule has 0 aliphatic carbocycles. The first-order chi connectivity index (χ1) is 7.30. The van der Waals surface area contributed by atoms with E-state index in [0.717, 1.165) is 5.92 Å². The summed E-state index contributed by atoms with van der Waals surface area (Å²) in [6.45, 7) is 16.2. The van der Waals surface area contributed by atoms with Crippen LogP contribution in [-0.2, 0) is 0 Å². The van der Waals surface area contributed by atoms with Gasteiger partial charge in [-0.05, 0) is 23.7 Å². The Labute approximate surface area is 105 Å². The van der Waals surface area contributed by atoms with E-state index in [1.807, 2.05) is 0 Å². The molecule has 0 aromatic carbocycles. The summed E-state index contributed by atoms with van der Waals surface area (Å²) in [5.74, 6) is 2.30. The molecule has 0 nitrogen and oxygen atoms in total. The lowest BCUT2D eigenvalue weighted by molar-refractivity contribution is 0.104. The average Bonchev–Trinajstić information content (AvgIpc) is 2.23. The lowest BCUT2D eigenvalue weighted by Gasteiger charge is -2.44. The maximum atomic E-state index is 6.37. The van der Waals surface area contributed by atoms with E-state index in [0.29, 0.717) is 23.1 Å². The van der Waals surface area contributed by atoms with E-state index < -0.39 is 0 Å². The molecule has 0 heterocycles. The average molecular weight is 222 g/mol. The Kier molecular flexibility index (Phi) is 6.74. The van der Waals surface area contributed by atoms with Gasteiger partial charge in [-0.15, -0.1) is 0 Å². The van der Waals surface area contributed by atoms with Crippen molar-refractivity contribution in [1.82, 2.24) is 0 Å². The van der Waals surface area contributed by atoms with E-state index in [-0.39, 0.29) is 0 Å². The first-order valence-electron chi connectivity index (χ1n) is 7.06. The molecule has 0 rings (SSSR count). The van der Waals surface area contributed by atoms with Crippen LogP contribution in [0.25, 0.3) is 0 Å². The van der Waals surface area contributed by atoms with Gasteiger partial charge in [0.2, 0.25) is 0 Å². The lowest BCUT2D eigenvalue weighted by atomic mass is 9.56. The Morgan fingerprint density at radius 2 is 1.38 bits per heavy atom. The fourth-order valence-corrected chi connectivity index (χ4v) is 3.17. The van der Waals surface area contributed by atoms with E-state index in [9.17, 15) is 0 Å². The number of hydrogen-bond donors (Lipinski definition) is 0.